The second kappa shape index (κ2) is 26.6. The predicted molar refractivity (Wildman–Crippen MR) is 152 cm³/mol. The second-order valence-electron chi connectivity index (χ2n) is 10.6. The van der Waals surface area contributed by atoms with Crippen LogP contribution in [0.15, 0.2) is 10.2 Å². The minimum atomic E-state index is 0.877. The van der Waals surface area contributed by atoms with Gasteiger partial charge in [-0.05, 0) is 19.3 Å². The van der Waals surface area contributed by atoms with Crippen molar-refractivity contribution in [3.8, 4) is 0 Å². The van der Waals surface area contributed by atoms with Crippen LogP contribution in [0.3, 0.4) is 0 Å². The molecular formula is C30H60N2S. The first-order chi connectivity index (χ1) is 16.4. The first-order valence-corrected chi connectivity index (χ1v) is 16.4. The SMILES string of the molecule is CCCCCCCCCCCCCCCN=NCCSC1CCCCCCCCCCCC1. The van der Waals surface area contributed by atoms with Crippen molar-refractivity contribution in [3.05, 3.63) is 0 Å². The van der Waals surface area contributed by atoms with E-state index in [9.17, 15) is 0 Å². The maximum absolute atomic E-state index is 4.47. The van der Waals surface area contributed by atoms with Gasteiger partial charge in [0.2, 0.25) is 0 Å². The van der Waals surface area contributed by atoms with Gasteiger partial charge >= 0.3 is 0 Å². The molecule has 1 fully saturated rings. The molecule has 33 heavy (non-hydrogen) atoms. The number of hydrogen-bond donors (Lipinski definition) is 0. The fourth-order valence-corrected chi connectivity index (χ4v) is 6.26. The third kappa shape index (κ3) is 23.5. The van der Waals surface area contributed by atoms with E-state index in [1.807, 2.05) is 0 Å². The van der Waals surface area contributed by atoms with Crippen molar-refractivity contribution in [1.29, 1.82) is 0 Å². The Morgan fingerprint density at radius 3 is 1.36 bits per heavy atom. The highest BCUT2D eigenvalue weighted by Crippen LogP contribution is 2.25. The molecule has 0 radical (unpaired) electrons. The zero-order valence-electron chi connectivity index (χ0n) is 22.7. The summed E-state index contributed by atoms with van der Waals surface area (Å²) in [5.74, 6) is 1.17. The molecule has 0 heterocycles. The highest BCUT2D eigenvalue weighted by Gasteiger charge is 2.09. The van der Waals surface area contributed by atoms with Crippen molar-refractivity contribution in [2.24, 2.45) is 10.2 Å². The standard InChI is InChI=1S/C30H60N2S/c1-2-3-4-5-6-7-8-9-12-15-18-21-24-27-31-32-28-29-33-30-25-22-19-16-13-10-11-14-17-20-23-26-30/h30H,2-29H2,1H3. The second-order valence-corrected chi connectivity index (χ2v) is 12.0. The molecule has 3 heteroatoms. The summed E-state index contributed by atoms with van der Waals surface area (Å²) in [6.45, 7) is 4.18. The van der Waals surface area contributed by atoms with E-state index >= 15 is 0 Å². The third-order valence-electron chi connectivity index (χ3n) is 7.31. The van der Waals surface area contributed by atoms with Crippen molar-refractivity contribution in [2.75, 3.05) is 18.8 Å². The highest BCUT2D eigenvalue weighted by atomic mass is 32.2. The van der Waals surface area contributed by atoms with E-state index in [4.69, 9.17) is 0 Å². The number of hydrogen-bond acceptors (Lipinski definition) is 3. The Morgan fingerprint density at radius 2 is 0.879 bits per heavy atom. The third-order valence-corrected chi connectivity index (χ3v) is 8.67. The van der Waals surface area contributed by atoms with Gasteiger partial charge in [0.05, 0.1) is 13.1 Å². The molecule has 1 aliphatic carbocycles. The van der Waals surface area contributed by atoms with Gasteiger partial charge in [-0.15, -0.1) is 0 Å². The Hall–Kier alpha value is -0.0500. The summed E-state index contributed by atoms with van der Waals surface area (Å²) in [5.41, 5.74) is 0. The van der Waals surface area contributed by atoms with Crippen LogP contribution >= 0.6 is 11.8 Å². The number of thioether (sulfide) groups is 1. The number of nitrogens with zero attached hydrogens (tertiary/aromatic N) is 2. The van der Waals surface area contributed by atoms with Crippen LogP contribution in [0.25, 0.3) is 0 Å². The lowest BCUT2D eigenvalue weighted by Gasteiger charge is -2.15. The van der Waals surface area contributed by atoms with Crippen LogP contribution in [-0.4, -0.2) is 24.1 Å². The van der Waals surface area contributed by atoms with E-state index in [1.165, 1.54) is 166 Å². The Bertz CT molecular complexity index is 385. The maximum Gasteiger partial charge on any atom is 0.0689 e. The van der Waals surface area contributed by atoms with E-state index in [2.05, 4.69) is 28.9 Å². The monoisotopic (exact) mass is 480 g/mol. The molecule has 0 atom stereocenters. The van der Waals surface area contributed by atoms with Gasteiger partial charge in [0.25, 0.3) is 0 Å². The first kappa shape index (κ1) is 31.0. The van der Waals surface area contributed by atoms with E-state index in [1.54, 1.807) is 0 Å². The zero-order valence-corrected chi connectivity index (χ0v) is 23.5. The molecule has 0 spiro atoms. The smallest absolute Gasteiger partial charge is 0.0689 e. The summed E-state index contributed by atoms with van der Waals surface area (Å²) < 4.78 is 0. The fraction of sp³-hybridized carbons (Fsp3) is 1.00. The van der Waals surface area contributed by atoms with Gasteiger partial charge in [0.15, 0.2) is 0 Å². The highest BCUT2D eigenvalue weighted by molar-refractivity contribution is 7.99. The lowest BCUT2D eigenvalue weighted by Crippen LogP contribution is -2.05. The topological polar surface area (TPSA) is 24.7 Å². The van der Waals surface area contributed by atoms with Crippen LogP contribution < -0.4 is 0 Å². The maximum atomic E-state index is 4.47. The number of rotatable bonds is 18. The van der Waals surface area contributed by atoms with Gasteiger partial charge in [-0.1, -0.05) is 148 Å². The fourth-order valence-electron chi connectivity index (χ4n) is 5.07. The van der Waals surface area contributed by atoms with E-state index in [0.29, 0.717) is 0 Å². The van der Waals surface area contributed by atoms with Crippen LogP contribution in [0.4, 0.5) is 0 Å². The summed E-state index contributed by atoms with van der Waals surface area (Å²) in [4.78, 5) is 0. The van der Waals surface area contributed by atoms with Crippen molar-refractivity contribution in [3.63, 3.8) is 0 Å². The molecule has 0 N–H and O–H groups in total. The van der Waals surface area contributed by atoms with Crippen LogP contribution in [0, 0.1) is 0 Å². The Labute approximate surface area is 213 Å². The lowest BCUT2D eigenvalue weighted by molar-refractivity contribution is 0.539. The molecule has 0 aromatic heterocycles. The molecule has 0 saturated heterocycles. The normalized spacial score (nSPS) is 17.6. The van der Waals surface area contributed by atoms with E-state index < -0.39 is 0 Å². The minimum Gasteiger partial charge on any atom is -0.194 e. The molecule has 0 aliphatic heterocycles. The number of unbranched alkanes of at least 4 members (excludes halogenated alkanes) is 12. The summed E-state index contributed by atoms with van der Waals surface area (Å²) >= 11 is 2.19. The molecule has 1 rings (SSSR count). The molecule has 1 saturated carbocycles. The molecule has 0 aromatic rings. The van der Waals surface area contributed by atoms with Gasteiger partial charge in [-0.2, -0.15) is 22.0 Å². The molecule has 2 nitrogen and oxygen atoms in total. The molecule has 0 bridgehead atoms. The summed E-state index contributed by atoms with van der Waals surface area (Å²) in [6.07, 6.45) is 35.8. The summed E-state index contributed by atoms with van der Waals surface area (Å²) in [6, 6.07) is 0. The quantitative estimate of drug-likeness (QED) is 0.141. The molecule has 0 unspecified atom stereocenters. The van der Waals surface area contributed by atoms with Gasteiger partial charge < -0.3 is 0 Å². The van der Waals surface area contributed by atoms with Gasteiger partial charge in [-0.25, -0.2) is 0 Å². The zero-order chi connectivity index (χ0) is 23.5. The molecular weight excluding hydrogens is 420 g/mol. The molecule has 0 amide bonds. The van der Waals surface area contributed by atoms with Gasteiger partial charge in [-0.3, -0.25) is 0 Å². The molecule has 0 aromatic carbocycles. The average Bonchev–Trinajstić information content (AvgIpc) is 2.85. The van der Waals surface area contributed by atoms with E-state index in [0.717, 1.165) is 18.3 Å². The number of azo groups is 1. The van der Waals surface area contributed by atoms with Crippen LogP contribution in [0.2, 0.25) is 0 Å². The van der Waals surface area contributed by atoms with Crippen molar-refractivity contribution >= 4 is 11.8 Å². The van der Waals surface area contributed by atoms with Crippen LogP contribution in [-0.2, 0) is 0 Å². The summed E-state index contributed by atoms with van der Waals surface area (Å²) in [5, 5.41) is 9.80. The van der Waals surface area contributed by atoms with Crippen molar-refractivity contribution in [2.45, 2.75) is 173 Å². The van der Waals surface area contributed by atoms with Gasteiger partial charge in [0, 0.05) is 11.0 Å². The minimum absolute atomic E-state index is 0.877. The van der Waals surface area contributed by atoms with Crippen LogP contribution in [0.1, 0.15) is 167 Å². The predicted octanol–water partition coefficient (Wildman–Crippen LogP) is 11.3. The van der Waals surface area contributed by atoms with Crippen molar-refractivity contribution in [1.82, 2.24) is 0 Å². The largest absolute Gasteiger partial charge is 0.194 e. The Kier molecular flexibility index (Phi) is 24.9. The average molecular weight is 481 g/mol. The molecule has 1 aliphatic rings. The van der Waals surface area contributed by atoms with Gasteiger partial charge in [0.1, 0.15) is 0 Å². The first-order valence-electron chi connectivity index (χ1n) is 15.4. The van der Waals surface area contributed by atoms with Crippen molar-refractivity contribution < 1.29 is 0 Å². The lowest BCUT2D eigenvalue weighted by atomic mass is 10.0. The molecule has 196 valence electrons. The summed E-state index contributed by atoms with van der Waals surface area (Å²) in [7, 11) is 0. The Morgan fingerprint density at radius 1 is 0.485 bits per heavy atom. The van der Waals surface area contributed by atoms with Crippen LogP contribution in [0.5, 0.6) is 0 Å². The van der Waals surface area contributed by atoms with E-state index in [-0.39, 0.29) is 0 Å². The Balaban J connectivity index is 1.88.